The fourth-order valence-corrected chi connectivity index (χ4v) is 2.33. The highest BCUT2D eigenvalue weighted by Gasteiger charge is 2.31. The van der Waals surface area contributed by atoms with E-state index >= 15 is 0 Å². The van der Waals surface area contributed by atoms with Gasteiger partial charge in [-0.2, -0.15) is 17.0 Å². The zero-order chi connectivity index (χ0) is 13.5. The normalized spacial score (nSPS) is 10.9. The molecule has 96 valence electrons. The predicted molar refractivity (Wildman–Crippen MR) is 61.7 cm³/mol. The first-order valence-electron chi connectivity index (χ1n) is 4.58. The average Bonchev–Trinajstić information content (AvgIpc) is 2.24. The lowest BCUT2D eigenvalue weighted by Gasteiger charge is -2.25. The molecule has 0 saturated heterocycles. The van der Waals surface area contributed by atoms with Crippen molar-refractivity contribution in [1.29, 1.82) is 0 Å². The number of hydrogen-bond donors (Lipinski definition) is 1. The Kier molecular flexibility index (Phi) is 6.15. The van der Waals surface area contributed by atoms with Crippen molar-refractivity contribution in [2.45, 2.75) is 0 Å². The summed E-state index contributed by atoms with van der Waals surface area (Å²) in [5, 5.41) is 8.78. The van der Waals surface area contributed by atoms with Crippen LogP contribution in [0.25, 0.3) is 0 Å². The summed E-state index contributed by atoms with van der Waals surface area (Å²) in [6.45, 7) is 5.64. The lowest BCUT2D eigenvalue weighted by molar-refractivity contribution is -0.108. The summed E-state index contributed by atoms with van der Waals surface area (Å²) in [5.74, 6) is 0. The van der Waals surface area contributed by atoms with E-state index in [1.54, 1.807) is 0 Å². The second-order valence-electron chi connectivity index (χ2n) is 2.88. The molecule has 0 bridgehead atoms. The average molecular weight is 262 g/mol. The highest BCUT2D eigenvalue weighted by atomic mass is 32.2. The van der Waals surface area contributed by atoms with Gasteiger partial charge >= 0.3 is 16.3 Å². The molecule has 0 saturated carbocycles. The number of carboxylic acid groups (broad SMARTS) is 1. The molecular formula is C9H14N2O5S. The minimum absolute atomic E-state index is 0.151. The first-order chi connectivity index (χ1) is 7.91. The van der Waals surface area contributed by atoms with Gasteiger partial charge in [0.2, 0.25) is 0 Å². The van der Waals surface area contributed by atoms with Crippen LogP contribution >= 0.6 is 0 Å². The van der Waals surface area contributed by atoms with Gasteiger partial charge in [-0.05, 0) is 0 Å². The van der Waals surface area contributed by atoms with Crippen LogP contribution in [0.3, 0.4) is 0 Å². The highest BCUT2D eigenvalue weighted by molar-refractivity contribution is 7.87. The molecule has 0 unspecified atom stereocenters. The van der Waals surface area contributed by atoms with Crippen LogP contribution in [0, 0.1) is 0 Å². The zero-order valence-corrected chi connectivity index (χ0v) is 9.97. The number of carbonyl (C=O) groups is 2. The van der Waals surface area contributed by atoms with Crippen molar-refractivity contribution < 1.29 is 23.1 Å². The van der Waals surface area contributed by atoms with E-state index in [-0.39, 0.29) is 17.4 Å². The summed E-state index contributed by atoms with van der Waals surface area (Å²) in [6.07, 6.45) is 1.13. The van der Waals surface area contributed by atoms with Crippen LogP contribution in [0.2, 0.25) is 0 Å². The molecule has 0 aliphatic carbocycles. The monoisotopic (exact) mass is 262 g/mol. The molecule has 0 aromatic carbocycles. The zero-order valence-electron chi connectivity index (χ0n) is 9.15. The van der Waals surface area contributed by atoms with E-state index in [9.17, 15) is 18.0 Å². The number of hydrogen-bond acceptors (Lipinski definition) is 4. The minimum Gasteiger partial charge on any atom is -0.464 e. The van der Waals surface area contributed by atoms with Crippen LogP contribution in [-0.2, 0) is 15.0 Å². The first-order valence-corrected chi connectivity index (χ1v) is 5.97. The van der Waals surface area contributed by atoms with Crippen molar-refractivity contribution >= 4 is 22.6 Å². The van der Waals surface area contributed by atoms with E-state index < -0.39 is 22.8 Å². The Bertz CT molecular complexity index is 394. The lowest BCUT2D eigenvalue weighted by atomic mass is 10.6. The van der Waals surface area contributed by atoms with Crippen molar-refractivity contribution in [2.75, 3.05) is 19.6 Å². The third-order valence-corrected chi connectivity index (χ3v) is 3.54. The number of rotatable bonds is 8. The van der Waals surface area contributed by atoms with Crippen molar-refractivity contribution in [3.63, 3.8) is 0 Å². The van der Waals surface area contributed by atoms with Crippen molar-refractivity contribution in [2.24, 2.45) is 0 Å². The van der Waals surface area contributed by atoms with Gasteiger partial charge in [0, 0.05) is 6.54 Å². The Labute approximate surface area is 99.8 Å². The molecule has 1 N–H and O–H groups in total. The van der Waals surface area contributed by atoms with Gasteiger partial charge in [-0.25, -0.2) is 4.79 Å². The Morgan fingerprint density at radius 2 is 1.71 bits per heavy atom. The predicted octanol–water partition coefficient (Wildman–Crippen LogP) is 0.0841. The minimum atomic E-state index is -4.26. The van der Waals surface area contributed by atoms with E-state index in [1.165, 1.54) is 6.08 Å². The van der Waals surface area contributed by atoms with E-state index in [0.29, 0.717) is 10.6 Å². The summed E-state index contributed by atoms with van der Waals surface area (Å²) in [5.41, 5.74) is 0. The Balaban J connectivity index is 5.27. The van der Waals surface area contributed by atoms with Gasteiger partial charge in [-0.3, -0.25) is 0 Å². The summed E-state index contributed by atoms with van der Waals surface area (Å²) in [4.78, 5) is 21.2. The smallest absolute Gasteiger partial charge is 0.422 e. The summed E-state index contributed by atoms with van der Waals surface area (Å²) in [7, 11) is -4.26. The SMILES string of the molecule is C=CCN(CC=O)S(=O)(=O)N(CC=C)C(=O)O. The molecule has 7 nitrogen and oxygen atoms in total. The van der Waals surface area contributed by atoms with E-state index in [0.717, 1.165) is 6.08 Å². The van der Waals surface area contributed by atoms with Crippen molar-refractivity contribution in [1.82, 2.24) is 8.61 Å². The van der Waals surface area contributed by atoms with E-state index in [4.69, 9.17) is 5.11 Å². The molecule has 0 heterocycles. The standard InChI is InChI=1S/C9H14N2O5S/c1-3-5-10(7-8-12)17(15,16)11(6-4-2)9(13)14/h3-4,8H,1-2,5-7H2,(H,13,14). The second-order valence-corrected chi connectivity index (χ2v) is 4.74. The number of aldehydes is 1. The van der Waals surface area contributed by atoms with Crippen molar-refractivity contribution in [3.05, 3.63) is 25.3 Å². The van der Waals surface area contributed by atoms with Crippen LogP contribution in [0.5, 0.6) is 0 Å². The first kappa shape index (κ1) is 15.3. The van der Waals surface area contributed by atoms with Gasteiger partial charge in [0.25, 0.3) is 0 Å². The van der Waals surface area contributed by atoms with Crippen LogP contribution in [0.4, 0.5) is 4.79 Å². The summed E-state index contributed by atoms with van der Waals surface area (Å²) >= 11 is 0. The molecule has 0 aliphatic heterocycles. The quantitative estimate of drug-likeness (QED) is 0.494. The highest BCUT2D eigenvalue weighted by Crippen LogP contribution is 2.08. The topological polar surface area (TPSA) is 95.0 Å². The molecule has 1 amide bonds. The fourth-order valence-electron chi connectivity index (χ4n) is 1.02. The molecular weight excluding hydrogens is 248 g/mol. The Hall–Kier alpha value is -1.67. The lowest BCUT2D eigenvalue weighted by Crippen LogP contribution is -2.47. The molecule has 0 aromatic rings. The fraction of sp³-hybridized carbons (Fsp3) is 0.333. The molecule has 0 rings (SSSR count). The molecule has 0 spiro atoms. The number of carbonyl (C=O) groups excluding carboxylic acids is 1. The van der Waals surface area contributed by atoms with Crippen LogP contribution in [0.1, 0.15) is 0 Å². The van der Waals surface area contributed by atoms with Crippen LogP contribution < -0.4 is 0 Å². The molecule has 0 fully saturated rings. The largest absolute Gasteiger partial charge is 0.464 e. The third-order valence-electron chi connectivity index (χ3n) is 1.72. The van der Waals surface area contributed by atoms with Gasteiger partial charge < -0.3 is 9.90 Å². The maximum atomic E-state index is 11.9. The van der Waals surface area contributed by atoms with Crippen LogP contribution in [-0.4, -0.2) is 54.1 Å². The Morgan fingerprint density at radius 1 is 1.18 bits per heavy atom. The van der Waals surface area contributed by atoms with Gasteiger partial charge in [-0.1, -0.05) is 12.2 Å². The van der Waals surface area contributed by atoms with Crippen molar-refractivity contribution in [3.8, 4) is 0 Å². The second kappa shape index (κ2) is 6.81. The molecule has 0 atom stereocenters. The third kappa shape index (κ3) is 4.00. The van der Waals surface area contributed by atoms with Gasteiger partial charge in [0.1, 0.15) is 6.29 Å². The van der Waals surface area contributed by atoms with E-state index in [2.05, 4.69) is 13.2 Å². The van der Waals surface area contributed by atoms with E-state index in [1.807, 2.05) is 0 Å². The van der Waals surface area contributed by atoms with Gasteiger partial charge in [0.15, 0.2) is 0 Å². The molecule has 0 aromatic heterocycles. The van der Waals surface area contributed by atoms with Crippen LogP contribution in [0.15, 0.2) is 25.3 Å². The van der Waals surface area contributed by atoms with Gasteiger partial charge in [0.05, 0.1) is 13.1 Å². The molecule has 0 radical (unpaired) electrons. The molecule has 0 aliphatic rings. The molecule has 17 heavy (non-hydrogen) atoms. The molecule has 8 heteroatoms. The summed E-state index contributed by atoms with van der Waals surface area (Å²) < 4.78 is 24.6. The number of nitrogens with zero attached hydrogens (tertiary/aromatic N) is 2. The maximum Gasteiger partial charge on any atom is 0.422 e. The number of amides is 1. The maximum absolute atomic E-state index is 11.9. The Morgan fingerprint density at radius 3 is 2.06 bits per heavy atom. The summed E-state index contributed by atoms with van der Waals surface area (Å²) in [6, 6.07) is 0. The van der Waals surface area contributed by atoms with Gasteiger partial charge in [-0.15, -0.1) is 13.2 Å².